The van der Waals surface area contributed by atoms with Crippen LogP contribution in [0.3, 0.4) is 0 Å². The number of rotatable bonds is 10. The molecule has 0 saturated heterocycles. The van der Waals surface area contributed by atoms with Crippen molar-refractivity contribution >= 4 is 50.1 Å². The van der Waals surface area contributed by atoms with Gasteiger partial charge < -0.3 is 9.47 Å². The molecule has 0 unspecified atom stereocenters. The normalized spacial score (nSPS) is 11.5. The third-order valence-electron chi connectivity index (χ3n) is 4.29. The van der Waals surface area contributed by atoms with Crippen LogP contribution in [0.5, 0.6) is 11.5 Å². The lowest BCUT2D eigenvalue weighted by molar-refractivity contribution is -0.112. The summed E-state index contributed by atoms with van der Waals surface area (Å²) in [5.41, 5.74) is 0.412. The zero-order valence-electron chi connectivity index (χ0n) is 17.9. The molecule has 12 heteroatoms. The van der Waals surface area contributed by atoms with Gasteiger partial charge in [-0.3, -0.25) is 10.1 Å². The van der Waals surface area contributed by atoms with Crippen LogP contribution >= 0.6 is 23.1 Å². The van der Waals surface area contributed by atoms with Crippen LogP contribution in [-0.4, -0.2) is 42.6 Å². The summed E-state index contributed by atoms with van der Waals surface area (Å²) in [7, 11) is -3.58. The van der Waals surface area contributed by atoms with Crippen molar-refractivity contribution in [3.8, 4) is 17.6 Å². The predicted octanol–water partition coefficient (Wildman–Crippen LogP) is 3.99. The molecule has 3 rings (SSSR count). The Morgan fingerprint density at radius 3 is 2.56 bits per heavy atom. The standard InChI is InChI=1S/C22H19ClN4O5S2/c1-2-34(29,30)22-26-21(33-27-22)25-20(28)16(14-24)13-15-7-9-17(10-8-15)31-11-12-32-19-6-4-3-5-18(19)23/h3-10,13H,2,11-12H2,1H3,(H,25,26,27,28). The summed E-state index contributed by atoms with van der Waals surface area (Å²) in [5, 5.41) is 11.9. The van der Waals surface area contributed by atoms with Gasteiger partial charge in [-0.15, -0.1) is 0 Å². The maximum absolute atomic E-state index is 12.4. The van der Waals surface area contributed by atoms with Crippen molar-refractivity contribution in [2.45, 2.75) is 12.1 Å². The summed E-state index contributed by atoms with van der Waals surface area (Å²) in [6.07, 6.45) is 1.39. The van der Waals surface area contributed by atoms with Crippen LogP contribution in [0.25, 0.3) is 6.08 Å². The van der Waals surface area contributed by atoms with Crippen LogP contribution in [0.1, 0.15) is 12.5 Å². The fourth-order valence-corrected chi connectivity index (χ4v) is 4.30. The molecule has 0 spiro atoms. The molecular formula is C22H19ClN4O5S2. The fraction of sp³-hybridized carbons (Fsp3) is 0.182. The molecule has 1 heterocycles. The van der Waals surface area contributed by atoms with Gasteiger partial charge in [0, 0.05) is 11.5 Å². The molecule has 0 saturated carbocycles. The van der Waals surface area contributed by atoms with Gasteiger partial charge in [-0.05, 0) is 35.9 Å². The third kappa shape index (κ3) is 6.77. The summed E-state index contributed by atoms with van der Waals surface area (Å²) in [4.78, 5) is 16.2. The molecular weight excluding hydrogens is 500 g/mol. The first-order valence-electron chi connectivity index (χ1n) is 9.92. The van der Waals surface area contributed by atoms with E-state index in [9.17, 15) is 18.5 Å². The largest absolute Gasteiger partial charge is 0.490 e. The molecule has 1 aromatic heterocycles. The summed E-state index contributed by atoms with van der Waals surface area (Å²) in [5.74, 6) is 0.277. The Balaban J connectivity index is 1.56. The topological polar surface area (TPSA) is 131 Å². The first-order chi connectivity index (χ1) is 16.3. The van der Waals surface area contributed by atoms with Crippen molar-refractivity contribution in [3.05, 3.63) is 64.7 Å². The lowest BCUT2D eigenvalue weighted by Crippen LogP contribution is -2.13. The van der Waals surface area contributed by atoms with Gasteiger partial charge in [0.1, 0.15) is 36.4 Å². The van der Waals surface area contributed by atoms with Crippen molar-refractivity contribution in [2.75, 3.05) is 24.3 Å². The third-order valence-corrected chi connectivity index (χ3v) is 6.85. The van der Waals surface area contributed by atoms with E-state index in [0.29, 0.717) is 35.3 Å². The van der Waals surface area contributed by atoms with E-state index in [0.717, 1.165) is 11.5 Å². The number of carbonyl (C=O) groups is 1. The monoisotopic (exact) mass is 518 g/mol. The van der Waals surface area contributed by atoms with Gasteiger partial charge in [0.15, 0.2) is 0 Å². The van der Waals surface area contributed by atoms with Gasteiger partial charge >= 0.3 is 0 Å². The van der Waals surface area contributed by atoms with Gasteiger partial charge in [0.25, 0.3) is 11.1 Å². The summed E-state index contributed by atoms with van der Waals surface area (Å²) in [6.45, 7) is 2.07. The zero-order chi connectivity index (χ0) is 24.6. The van der Waals surface area contributed by atoms with E-state index < -0.39 is 15.7 Å². The minimum absolute atomic E-state index is 0.0130. The number of hydrogen-bond donors (Lipinski definition) is 1. The van der Waals surface area contributed by atoms with E-state index in [1.807, 2.05) is 18.2 Å². The minimum Gasteiger partial charge on any atom is -0.490 e. The number of benzene rings is 2. The number of aromatic nitrogens is 2. The number of para-hydroxylation sites is 1. The number of halogens is 1. The number of amides is 1. The molecule has 0 radical (unpaired) electrons. The van der Waals surface area contributed by atoms with Crippen molar-refractivity contribution in [2.24, 2.45) is 0 Å². The van der Waals surface area contributed by atoms with Crippen molar-refractivity contribution in [1.82, 2.24) is 9.36 Å². The van der Waals surface area contributed by atoms with Crippen LogP contribution in [0.15, 0.2) is 59.3 Å². The number of nitriles is 1. The van der Waals surface area contributed by atoms with Crippen molar-refractivity contribution in [3.63, 3.8) is 0 Å². The Kier molecular flexibility index (Phi) is 8.59. The summed E-state index contributed by atoms with van der Waals surface area (Å²) < 4.78 is 38.5. The van der Waals surface area contributed by atoms with E-state index in [-0.39, 0.29) is 21.6 Å². The van der Waals surface area contributed by atoms with Crippen LogP contribution < -0.4 is 14.8 Å². The van der Waals surface area contributed by atoms with Crippen LogP contribution in [0, 0.1) is 11.3 Å². The average molecular weight is 519 g/mol. The quantitative estimate of drug-likeness (QED) is 0.242. The number of anilines is 1. The van der Waals surface area contributed by atoms with Crippen LogP contribution in [-0.2, 0) is 14.6 Å². The number of hydrogen-bond acceptors (Lipinski definition) is 9. The number of carbonyl (C=O) groups excluding carboxylic acids is 1. The first-order valence-corrected chi connectivity index (χ1v) is 12.7. The minimum atomic E-state index is -3.58. The SMILES string of the molecule is CCS(=O)(=O)c1nsc(NC(=O)C(C#N)=Cc2ccc(OCCOc3ccccc3Cl)cc2)n1. The van der Waals surface area contributed by atoms with E-state index in [4.69, 9.17) is 21.1 Å². The average Bonchev–Trinajstić information content (AvgIpc) is 3.31. The Hall–Kier alpha value is -3.46. The molecule has 0 fully saturated rings. The van der Waals surface area contributed by atoms with Crippen LogP contribution in [0.4, 0.5) is 5.13 Å². The second kappa shape index (κ2) is 11.6. The highest BCUT2D eigenvalue weighted by Crippen LogP contribution is 2.23. The van der Waals surface area contributed by atoms with Crippen molar-refractivity contribution < 1.29 is 22.7 Å². The number of sulfone groups is 1. The maximum atomic E-state index is 12.4. The highest BCUT2D eigenvalue weighted by atomic mass is 35.5. The molecule has 0 bridgehead atoms. The molecule has 1 amide bonds. The van der Waals surface area contributed by atoms with Crippen molar-refractivity contribution in [1.29, 1.82) is 5.26 Å². The lowest BCUT2D eigenvalue weighted by Gasteiger charge is -2.09. The van der Waals surface area contributed by atoms with Gasteiger partial charge in [-0.25, -0.2) is 8.42 Å². The number of nitrogens with one attached hydrogen (secondary N) is 1. The lowest BCUT2D eigenvalue weighted by atomic mass is 10.1. The first kappa shape index (κ1) is 25.2. The molecule has 176 valence electrons. The fourth-order valence-electron chi connectivity index (χ4n) is 2.53. The predicted molar refractivity (Wildman–Crippen MR) is 129 cm³/mol. The summed E-state index contributed by atoms with van der Waals surface area (Å²) in [6, 6.07) is 15.7. The molecule has 34 heavy (non-hydrogen) atoms. The maximum Gasteiger partial charge on any atom is 0.268 e. The van der Waals surface area contributed by atoms with Gasteiger partial charge in [0.2, 0.25) is 15.0 Å². The highest BCUT2D eigenvalue weighted by molar-refractivity contribution is 7.91. The van der Waals surface area contributed by atoms with Gasteiger partial charge in [-0.1, -0.05) is 42.8 Å². The Labute approximate surface area is 205 Å². The number of nitrogens with zero attached hydrogens (tertiary/aromatic N) is 3. The molecule has 0 aliphatic rings. The van der Waals surface area contributed by atoms with Gasteiger partial charge in [-0.2, -0.15) is 14.6 Å². The van der Waals surface area contributed by atoms with E-state index in [2.05, 4.69) is 14.7 Å². The second-order valence-corrected chi connectivity index (χ2v) is 9.94. The second-order valence-electron chi connectivity index (χ2n) is 6.61. The molecule has 9 nitrogen and oxygen atoms in total. The Bertz CT molecular complexity index is 1330. The zero-order valence-corrected chi connectivity index (χ0v) is 20.3. The molecule has 1 N–H and O–H groups in total. The summed E-state index contributed by atoms with van der Waals surface area (Å²) >= 11 is 6.75. The molecule has 0 aliphatic heterocycles. The van der Waals surface area contributed by atoms with Crippen LogP contribution in [0.2, 0.25) is 5.02 Å². The molecule has 3 aromatic rings. The Morgan fingerprint density at radius 2 is 1.88 bits per heavy atom. The highest BCUT2D eigenvalue weighted by Gasteiger charge is 2.20. The van der Waals surface area contributed by atoms with E-state index in [1.165, 1.54) is 13.0 Å². The van der Waals surface area contributed by atoms with E-state index >= 15 is 0 Å². The Morgan fingerprint density at radius 1 is 1.18 bits per heavy atom. The molecule has 0 aliphatic carbocycles. The number of ether oxygens (including phenoxy) is 2. The molecule has 0 atom stereocenters. The molecule has 2 aromatic carbocycles. The smallest absolute Gasteiger partial charge is 0.268 e. The van der Waals surface area contributed by atoms with Gasteiger partial charge in [0.05, 0.1) is 10.8 Å². The van der Waals surface area contributed by atoms with E-state index in [1.54, 1.807) is 36.4 Å².